The van der Waals surface area contributed by atoms with E-state index in [-0.39, 0.29) is 28.6 Å². The fraction of sp³-hybridized carbons (Fsp3) is 0.125. The minimum absolute atomic E-state index is 0.0115. The van der Waals surface area contributed by atoms with E-state index in [0.29, 0.717) is 52.9 Å². The Morgan fingerprint density at radius 1 is 0.920 bits per heavy atom. The van der Waals surface area contributed by atoms with E-state index in [4.69, 9.17) is 16.0 Å². The molecule has 0 radical (unpaired) electrons. The van der Waals surface area contributed by atoms with E-state index in [1.54, 1.807) is 36.5 Å². The van der Waals surface area contributed by atoms with Crippen molar-refractivity contribution >= 4 is 34.2 Å². The molecule has 0 atom stereocenters. The number of benzene rings is 4. The fourth-order valence-electron chi connectivity index (χ4n) is 6.38. The molecular weight excluding hydrogens is 652 g/mol. The van der Waals surface area contributed by atoms with Gasteiger partial charge in [0.25, 0.3) is 0 Å². The number of hydrogen-bond acceptors (Lipinski definition) is 7. The lowest BCUT2D eigenvalue weighted by atomic mass is 9.90. The summed E-state index contributed by atoms with van der Waals surface area (Å²) >= 11 is 6.29. The van der Waals surface area contributed by atoms with Crippen LogP contribution in [0.2, 0.25) is 5.02 Å². The van der Waals surface area contributed by atoms with Crippen LogP contribution in [-0.4, -0.2) is 30.6 Å². The molecule has 2 aliphatic rings. The summed E-state index contributed by atoms with van der Waals surface area (Å²) in [6.07, 6.45) is 3.83. The van der Waals surface area contributed by atoms with Crippen LogP contribution in [0.1, 0.15) is 32.9 Å². The Morgan fingerprint density at radius 2 is 1.72 bits per heavy atom. The van der Waals surface area contributed by atoms with Gasteiger partial charge in [-0.3, -0.25) is 14.7 Å². The molecule has 9 nitrogen and oxygen atoms in total. The summed E-state index contributed by atoms with van der Waals surface area (Å²) in [4.78, 5) is 31.9. The van der Waals surface area contributed by atoms with Crippen LogP contribution in [0.15, 0.2) is 125 Å². The second kappa shape index (κ2) is 13.9. The number of nitrogens with zero attached hydrogens (tertiary/aromatic N) is 3. The van der Waals surface area contributed by atoms with Crippen molar-refractivity contribution in [1.82, 2.24) is 14.5 Å². The molecule has 5 aromatic rings. The standard InChI is InChI=1S/C40H33ClN4O5/c1-44-18-8-11-27(44)24-45(23-26-10-6-7-17-42-26)22-25-9-2-5-14-34(25)43-21-32-35(46)16-15-30-38(28-12-3-4-13-29(28)40(48)49)31-19-33(41)36(47)20-37(31)50-39(30)32/h2-20,43,46H,21-24H2,1H3,(H,48,49). The first-order valence-electron chi connectivity index (χ1n) is 16.0. The summed E-state index contributed by atoms with van der Waals surface area (Å²) in [6, 6.07) is 30.8. The van der Waals surface area contributed by atoms with Gasteiger partial charge in [-0.25, -0.2) is 4.79 Å². The van der Waals surface area contributed by atoms with Crippen LogP contribution in [0.3, 0.4) is 0 Å². The maximum absolute atomic E-state index is 12.7. The highest BCUT2D eigenvalue weighted by atomic mass is 35.5. The van der Waals surface area contributed by atoms with Crippen molar-refractivity contribution in [2.45, 2.75) is 26.2 Å². The van der Waals surface area contributed by atoms with Gasteiger partial charge in [-0.1, -0.05) is 54.1 Å². The highest BCUT2D eigenvalue weighted by molar-refractivity contribution is 6.31. The van der Waals surface area contributed by atoms with E-state index in [1.807, 2.05) is 55.7 Å². The summed E-state index contributed by atoms with van der Waals surface area (Å²) in [5.74, 6) is -0.893. The molecule has 0 amide bonds. The molecule has 0 saturated carbocycles. The molecule has 1 aliphatic carbocycles. The van der Waals surface area contributed by atoms with Gasteiger partial charge in [0.2, 0.25) is 5.43 Å². The number of nitrogens with one attached hydrogen (secondary N) is 1. The molecule has 50 heavy (non-hydrogen) atoms. The maximum atomic E-state index is 12.7. The maximum Gasteiger partial charge on any atom is 0.336 e. The number of pyridine rings is 1. The summed E-state index contributed by atoms with van der Waals surface area (Å²) in [6.45, 7) is 2.13. The lowest BCUT2D eigenvalue weighted by molar-refractivity contribution is 0.0697. The van der Waals surface area contributed by atoms with E-state index in [0.717, 1.165) is 16.9 Å². The Morgan fingerprint density at radius 3 is 2.50 bits per heavy atom. The van der Waals surface area contributed by atoms with Crippen molar-refractivity contribution in [2.24, 2.45) is 7.05 Å². The smallest absolute Gasteiger partial charge is 0.336 e. The third kappa shape index (κ3) is 6.56. The molecular formula is C40H33ClN4O5. The molecule has 3 N–H and O–H groups in total. The monoisotopic (exact) mass is 684 g/mol. The molecule has 0 bridgehead atoms. The predicted octanol–water partition coefficient (Wildman–Crippen LogP) is 8.17. The van der Waals surface area contributed by atoms with Gasteiger partial charge in [-0.05, 0) is 65.7 Å². The van der Waals surface area contributed by atoms with E-state index in [2.05, 4.69) is 31.9 Å². The lowest BCUT2D eigenvalue weighted by Crippen LogP contribution is -2.24. The number of carboxylic acid groups (broad SMARTS) is 1. The van der Waals surface area contributed by atoms with Gasteiger partial charge in [0.1, 0.15) is 17.1 Å². The molecule has 1 aliphatic heterocycles. The number of phenols is 1. The van der Waals surface area contributed by atoms with Gasteiger partial charge in [0.05, 0.1) is 21.8 Å². The highest BCUT2D eigenvalue weighted by Gasteiger charge is 2.25. The van der Waals surface area contributed by atoms with Crippen molar-refractivity contribution in [2.75, 3.05) is 5.32 Å². The number of halogens is 1. The second-order valence-electron chi connectivity index (χ2n) is 12.1. The van der Waals surface area contributed by atoms with Crippen LogP contribution in [-0.2, 0) is 33.2 Å². The zero-order chi connectivity index (χ0) is 34.8. The average Bonchev–Trinajstić information content (AvgIpc) is 3.52. The topological polar surface area (TPSA) is 121 Å². The third-order valence-corrected chi connectivity index (χ3v) is 9.16. The quantitative estimate of drug-likeness (QED) is 0.117. The highest BCUT2D eigenvalue weighted by Crippen LogP contribution is 2.44. The Bertz CT molecular complexity index is 2370. The van der Waals surface area contributed by atoms with Crippen molar-refractivity contribution in [1.29, 1.82) is 0 Å². The Kier molecular flexibility index (Phi) is 9.08. The molecule has 250 valence electrons. The predicted molar refractivity (Wildman–Crippen MR) is 195 cm³/mol. The number of para-hydroxylation sites is 1. The summed E-state index contributed by atoms with van der Waals surface area (Å²) < 4.78 is 8.46. The van der Waals surface area contributed by atoms with E-state index >= 15 is 0 Å². The molecule has 0 fully saturated rings. The second-order valence-corrected chi connectivity index (χ2v) is 12.5. The zero-order valence-corrected chi connectivity index (χ0v) is 27.9. The summed E-state index contributed by atoms with van der Waals surface area (Å²) in [5.41, 5.74) is 5.91. The first kappa shape index (κ1) is 32.6. The number of aromatic nitrogens is 2. The summed E-state index contributed by atoms with van der Waals surface area (Å²) in [7, 11) is 2.03. The van der Waals surface area contributed by atoms with Crippen molar-refractivity contribution in [3.8, 4) is 28.2 Å². The minimum atomic E-state index is -1.10. The molecule has 7 rings (SSSR count). The molecule has 10 heteroatoms. The van der Waals surface area contributed by atoms with Crippen LogP contribution in [0.25, 0.3) is 33.4 Å². The lowest BCUT2D eigenvalue weighted by Gasteiger charge is -2.24. The molecule has 2 aromatic heterocycles. The minimum Gasteiger partial charge on any atom is -0.507 e. The van der Waals surface area contributed by atoms with Crippen LogP contribution in [0.4, 0.5) is 5.69 Å². The van der Waals surface area contributed by atoms with Crippen molar-refractivity contribution < 1.29 is 19.4 Å². The van der Waals surface area contributed by atoms with Gasteiger partial charge in [-0.15, -0.1) is 0 Å². The number of anilines is 1. The van der Waals surface area contributed by atoms with Crippen molar-refractivity contribution in [3.05, 3.63) is 159 Å². The third-order valence-electron chi connectivity index (χ3n) is 8.86. The first-order chi connectivity index (χ1) is 24.3. The van der Waals surface area contributed by atoms with Crippen LogP contribution < -0.4 is 10.7 Å². The van der Waals surface area contributed by atoms with Crippen LogP contribution >= 0.6 is 11.6 Å². The Balaban J connectivity index is 1.28. The average molecular weight is 685 g/mol. The zero-order valence-electron chi connectivity index (χ0n) is 27.1. The van der Waals surface area contributed by atoms with Gasteiger partial charge in [0, 0.05) is 79.6 Å². The SMILES string of the molecule is Cn1cccc1CN(Cc1ccccn1)Cc1ccccc1NCc1c(O)ccc2c(-c3ccccc3C(=O)O)c3cc(Cl)c(=O)cc-3oc12. The molecule has 3 heterocycles. The normalized spacial score (nSPS) is 11.4. The van der Waals surface area contributed by atoms with E-state index in [9.17, 15) is 19.8 Å². The summed E-state index contributed by atoms with van der Waals surface area (Å²) in [5, 5.41) is 25.4. The van der Waals surface area contributed by atoms with Gasteiger partial charge < -0.3 is 24.5 Å². The van der Waals surface area contributed by atoms with Gasteiger partial charge >= 0.3 is 5.97 Å². The largest absolute Gasteiger partial charge is 0.507 e. The molecule has 0 spiro atoms. The number of hydrogen-bond donors (Lipinski definition) is 3. The molecule has 0 saturated heterocycles. The van der Waals surface area contributed by atoms with E-state index < -0.39 is 11.4 Å². The van der Waals surface area contributed by atoms with E-state index in [1.165, 1.54) is 23.9 Å². The number of carbonyl (C=O) groups is 1. The number of fused-ring (bicyclic) bond motifs is 2. The first-order valence-corrected chi connectivity index (χ1v) is 16.4. The Hall–Kier alpha value is -5.90. The number of rotatable bonds is 11. The van der Waals surface area contributed by atoms with Crippen LogP contribution in [0, 0.1) is 0 Å². The van der Waals surface area contributed by atoms with Crippen LogP contribution in [0.5, 0.6) is 5.75 Å². The Labute approximate surface area is 293 Å². The number of aryl methyl sites for hydroxylation is 1. The fourth-order valence-corrected chi connectivity index (χ4v) is 6.55. The number of carboxylic acids is 1. The van der Waals surface area contributed by atoms with Crippen molar-refractivity contribution in [3.63, 3.8) is 0 Å². The molecule has 0 unspecified atom stereocenters. The number of phenolic OH excluding ortho intramolecular Hbond substituents is 1. The number of aromatic hydroxyl groups is 1. The number of aromatic carboxylic acids is 1. The van der Waals surface area contributed by atoms with Gasteiger partial charge in [0.15, 0.2) is 0 Å². The molecule has 3 aromatic carbocycles. The van der Waals surface area contributed by atoms with Gasteiger partial charge in [-0.2, -0.15) is 0 Å².